The molecule has 1 fully saturated rings. The molecule has 3 N–H and O–H groups in total. The molecule has 0 aromatic carbocycles. The Morgan fingerprint density at radius 2 is 2.53 bits per heavy atom. The SMILES string of the molecule is O=[N+]([O-])c1cn[nH]c1CC1(O)CCNC1. The Labute approximate surface area is 85.6 Å². The van der Waals surface area contributed by atoms with Gasteiger partial charge >= 0.3 is 5.69 Å². The molecule has 0 bridgehead atoms. The third-order valence-corrected chi connectivity index (χ3v) is 2.62. The summed E-state index contributed by atoms with van der Waals surface area (Å²) in [6.45, 7) is 1.20. The van der Waals surface area contributed by atoms with E-state index in [9.17, 15) is 15.2 Å². The van der Waals surface area contributed by atoms with Gasteiger partial charge in [0.25, 0.3) is 0 Å². The average Bonchev–Trinajstić information content (AvgIpc) is 2.75. The van der Waals surface area contributed by atoms with E-state index in [1.54, 1.807) is 0 Å². The van der Waals surface area contributed by atoms with Gasteiger partial charge in [0, 0.05) is 13.0 Å². The van der Waals surface area contributed by atoms with Crippen molar-refractivity contribution in [3.63, 3.8) is 0 Å². The van der Waals surface area contributed by atoms with Crippen molar-refractivity contribution in [3.8, 4) is 0 Å². The van der Waals surface area contributed by atoms with Crippen LogP contribution in [0.25, 0.3) is 0 Å². The van der Waals surface area contributed by atoms with Crippen LogP contribution in [0.1, 0.15) is 12.1 Å². The zero-order chi connectivity index (χ0) is 10.9. The number of β-amino-alcohol motifs (C(OH)–C–C–N with tert-alkyl or cyclic N) is 1. The molecule has 1 aliphatic rings. The van der Waals surface area contributed by atoms with Crippen molar-refractivity contribution in [1.29, 1.82) is 0 Å². The minimum absolute atomic E-state index is 0.0599. The number of aliphatic hydroxyl groups is 1. The number of aromatic amines is 1. The van der Waals surface area contributed by atoms with Crippen molar-refractivity contribution in [2.45, 2.75) is 18.4 Å². The quantitative estimate of drug-likeness (QED) is 0.466. The topological polar surface area (TPSA) is 104 Å². The monoisotopic (exact) mass is 212 g/mol. The predicted molar refractivity (Wildman–Crippen MR) is 51.4 cm³/mol. The summed E-state index contributed by atoms with van der Waals surface area (Å²) in [4.78, 5) is 10.1. The van der Waals surface area contributed by atoms with Crippen LogP contribution in [0, 0.1) is 10.1 Å². The van der Waals surface area contributed by atoms with Crippen LogP contribution >= 0.6 is 0 Å². The smallest absolute Gasteiger partial charge is 0.309 e. The number of aromatic nitrogens is 2. The molecular formula is C8H12N4O3. The number of H-pyrrole nitrogens is 1. The van der Waals surface area contributed by atoms with Crippen LogP contribution in [0.2, 0.25) is 0 Å². The Morgan fingerprint density at radius 1 is 1.73 bits per heavy atom. The van der Waals surface area contributed by atoms with Crippen molar-refractivity contribution in [3.05, 3.63) is 22.0 Å². The van der Waals surface area contributed by atoms with E-state index in [4.69, 9.17) is 0 Å². The zero-order valence-corrected chi connectivity index (χ0v) is 8.06. The van der Waals surface area contributed by atoms with Gasteiger partial charge in [0.2, 0.25) is 0 Å². The first-order valence-electron chi connectivity index (χ1n) is 4.70. The number of nitro groups is 1. The minimum Gasteiger partial charge on any atom is -0.388 e. The van der Waals surface area contributed by atoms with Crippen molar-refractivity contribution in [2.24, 2.45) is 0 Å². The largest absolute Gasteiger partial charge is 0.388 e. The molecule has 15 heavy (non-hydrogen) atoms. The second-order valence-corrected chi connectivity index (χ2v) is 3.82. The highest BCUT2D eigenvalue weighted by Crippen LogP contribution is 2.24. The van der Waals surface area contributed by atoms with Gasteiger partial charge in [0.1, 0.15) is 11.9 Å². The van der Waals surface area contributed by atoms with Gasteiger partial charge in [-0.2, -0.15) is 5.10 Å². The fourth-order valence-corrected chi connectivity index (χ4v) is 1.80. The van der Waals surface area contributed by atoms with Gasteiger partial charge in [-0.15, -0.1) is 0 Å². The Balaban J connectivity index is 2.16. The highest BCUT2D eigenvalue weighted by molar-refractivity contribution is 5.33. The second kappa shape index (κ2) is 3.59. The van der Waals surface area contributed by atoms with Crippen molar-refractivity contribution >= 4 is 5.69 Å². The summed E-state index contributed by atoms with van der Waals surface area (Å²) in [5, 5.41) is 29.8. The normalized spacial score (nSPS) is 25.7. The molecule has 0 saturated carbocycles. The molecule has 1 saturated heterocycles. The van der Waals surface area contributed by atoms with E-state index >= 15 is 0 Å². The standard InChI is InChI=1S/C8H12N4O3/c13-8(1-2-9-5-8)3-6-7(12(14)15)4-10-11-6/h4,9,13H,1-3,5H2,(H,10,11). The first-order chi connectivity index (χ1) is 7.11. The molecule has 1 aromatic rings. The number of hydrogen-bond acceptors (Lipinski definition) is 5. The molecule has 0 radical (unpaired) electrons. The van der Waals surface area contributed by atoms with Crippen molar-refractivity contribution in [2.75, 3.05) is 13.1 Å². The lowest BCUT2D eigenvalue weighted by atomic mass is 9.96. The van der Waals surface area contributed by atoms with E-state index in [-0.39, 0.29) is 12.1 Å². The van der Waals surface area contributed by atoms with E-state index in [1.807, 2.05) is 0 Å². The van der Waals surface area contributed by atoms with E-state index in [1.165, 1.54) is 6.20 Å². The molecule has 1 unspecified atom stereocenters. The Bertz CT molecular complexity index is 370. The average molecular weight is 212 g/mol. The Morgan fingerprint density at radius 3 is 3.13 bits per heavy atom. The fraction of sp³-hybridized carbons (Fsp3) is 0.625. The predicted octanol–water partition coefficient (Wildman–Crippen LogP) is -0.415. The van der Waals surface area contributed by atoms with Crippen molar-refractivity contribution < 1.29 is 10.0 Å². The van der Waals surface area contributed by atoms with E-state index in [2.05, 4.69) is 15.5 Å². The lowest BCUT2D eigenvalue weighted by molar-refractivity contribution is -0.385. The van der Waals surface area contributed by atoms with Gasteiger partial charge < -0.3 is 10.4 Å². The minimum atomic E-state index is -0.892. The van der Waals surface area contributed by atoms with Crippen LogP contribution < -0.4 is 5.32 Å². The number of nitrogens with zero attached hydrogens (tertiary/aromatic N) is 2. The molecular weight excluding hydrogens is 200 g/mol. The molecule has 7 heteroatoms. The molecule has 7 nitrogen and oxygen atoms in total. The fourth-order valence-electron chi connectivity index (χ4n) is 1.80. The number of rotatable bonds is 3. The van der Waals surface area contributed by atoms with E-state index in [0.717, 1.165) is 6.54 Å². The summed E-state index contributed by atoms with van der Waals surface area (Å²) in [6.07, 6.45) is 2.00. The van der Waals surface area contributed by atoms with Gasteiger partial charge in [-0.1, -0.05) is 0 Å². The van der Waals surface area contributed by atoms with Gasteiger partial charge in [-0.05, 0) is 13.0 Å². The van der Waals surface area contributed by atoms with Crippen LogP contribution in [-0.4, -0.2) is 38.9 Å². The highest BCUT2D eigenvalue weighted by atomic mass is 16.6. The molecule has 2 heterocycles. The molecule has 1 aliphatic heterocycles. The second-order valence-electron chi connectivity index (χ2n) is 3.82. The maximum atomic E-state index is 10.6. The zero-order valence-electron chi connectivity index (χ0n) is 8.06. The molecule has 1 aromatic heterocycles. The van der Waals surface area contributed by atoms with E-state index in [0.29, 0.717) is 18.7 Å². The lowest BCUT2D eigenvalue weighted by Gasteiger charge is -2.19. The summed E-state index contributed by atoms with van der Waals surface area (Å²) in [6, 6.07) is 0. The maximum Gasteiger partial charge on any atom is 0.309 e. The molecule has 0 spiro atoms. The third kappa shape index (κ3) is 1.97. The first-order valence-corrected chi connectivity index (χ1v) is 4.70. The Hall–Kier alpha value is -1.47. The molecule has 1 atom stereocenters. The van der Waals surface area contributed by atoms with Crippen LogP contribution in [0.5, 0.6) is 0 Å². The maximum absolute atomic E-state index is 10.6. The van der Waals surface area contributed by atoms with Gasteiger partial charge in [-0.3, -0.25) is 15.2 Å². The number of nitrogens with one attached hydrogen (secondary N) is 2. The van der Waals surface area contributed by atoms with E-state index < -0.39 is 10.5 Å². The van der Waals surface area contributed by atoms with Crippen LogP contribution in [0.3, 0.4) is 0 Å². The molecule has 82 valence electrons. The first kappa shape index (κ1) is 10.1. The molecule has 0 aliphatic carbocycles. The number of hydrogen-bond donors (Lipinski definition) is 3. The summed E-state index contributed by atoms with van der Waals surface area (Å²) in [5.41, 5.74) is -0.571. The summed E-state index contributed by atoms with van der Waals surface area (Å²) in [7, 11) is 0. The van der Waals surface area contributed by atoms with Crippen LogP contribution in [0.4, 0.5) is 5.69 Å². The summed E-state index contributed by atoms with van der Waals surface area (Å²) >= 11 is 0. The van der Waals surface area contributed by atoms with Crippen LogP contribution in [-0.2, 0) is 6.42 Å². The Kier molecular flexibility index (Phi) is 2.41. The van der Waals surface area contributed by atoms with Crippen LogP contribution in [0.15, 0.2) is 6.20 Å². The molecule has 2 rings (SSSR count). The summed E-state index contributed by atoms with van der Waals surface area (Å²) in [5.74, 6) is 0. The molecule has 0 amide bonds. The highest BCUT2D eigenvalue weighted by Gasteiger charge is 2.34. The summed E-state index contributed by atoms with van der Waals surface area (Å²) < 4.78 is 0. The van der Waals surface area contributed by atoms with Gasteiger partial charge in [0.15, 0.2) is 0 Å². The van der Waals surface area contributed by atoms with Gasteiger partial charge in [-0.25, -0.2) is 0 Å². The third-order valence-electron chi connectivity index (χ3n) is 2.62. The van der Waals surface area contributed by atoms with Gasteiger partial charge in [0.05, 0.1) is 10.5 Å². The lowest BCUT2D eigenvalue weighted by Crippen LogP contribution is -2.34. The van der Waals surface area contributed by atoms with Crippen molar-refractivity contribution in [1.82, 2.24) is 15.5 Å².